The van der Waals surface area contributed by atoms with Gasteiger partial charge in [0.2, 0.25) is 0 Å². The molecule has 0 unspecified atom stereocenters. The van der Waals surface area contributed by atoms with Gasteiger partial charge in [0.25, 0.3) is 5.91 Å². The number of carbonyl (C=O) groups excluding carboxylic acids is 1. The molecule has 1 aliphatic heterocycles. The fourth-order valence-corrected chi connectivity index (χ4v) is 3.22. The van der Waals surface area contributed by atoms with Gasteiger partial charge in [0.05, 0.1) is 0 Å². The van der Waals surface area contributed by atoms with Crippen molar-refractivity contribution in [3.05, 3.63) is 53.6 Å². The molecule has 132 valence electrons. The number of carbonyl (C=O) groups is 1. The summed E-state index contributed by atoms with van der Waals surface area (Å²) < 4.78 is 11.8. The SMILES string of the molecule is CCN(C(=O)COc1cccc2c1OC(C)(C)C2)c1cccc(C)c1. The summed E-state index contributed by atoms with van der Waals surface area (Å²) in [7, 11) is 0. The van der Waals surface area contributed by atoms with Crippen molar-refractivity contribution in [1.29, 1.82) is 0 Å². The molecule has 2 aromatic carbocycles. The highest BCUT2D eigenvalue weighted by Gasteiger charge is 2.32. The number of nitrogens with zero attached hydrogens (tertiary/aromatic N) is 1. The van der Waals surface area contributed by atoms with E-state index in [1.165, 1.54) is 0 Å². The van der Waals surface area contributed by atoms with Crippen molar-refractivity contribution in [3.8, 4) is 11.5 Å². The van der Waals surface area contributed by atoms with E-state index in [1.807, 2.05) is 56.3 Å². The van der Waals surface area contributed by atoms with Crippen molar-refractivity contribution in [1.82, 2.24) is 0 Å². The van der Waals surface area contributed by atoms with E-state index in [0.717, 1.165) is 29.0 Å². The van der Waals surface area contributed by atoms with Gasteiger partial charge in [0.1, 0.15) is 5.60 Å². The Morgan fingerprint density at radius 1 is 1.24 bits per heavy atom. The van der Waals surface area contributed by atoms with E-state index in [1.54, 1.807) is 4.90 Å². The predicted molar refractivity (Wildman–Crippen MR) is 99.6 cm³/mol. The molecular formula is C21H25NO3. The summed E-state index contributed by atoms with van der Waals surface area (Å²) in [6.07, 6.45) is 0.845. The number of likely N-dealkylation sites (N-methyl/N-ethyl adjacent to an activating group) is 1. The lowest BCUT2D eigenvalue weighted by Gasteiger charge is -2.22. The molecule has 0 bridgehead atoms. The average Bonchev–Trinajstić information content (AvgIpc) is 2.88. The molecule has 4 nitrogen and oxygen atoms in total. The molecule has 0 spiro atoms. The topological polar surface area (TPSA) is 38.8 Å². The quantitative estimate of drug-likeness (QED) is 0.822. The van der Waals surface area contributed by atoms with Crippen molar-refractivity contribution in [2.75, 3.05) is 18.1 Å². The second-order valence-corrected chi connectivity index (χ2v) is 7.05. The minimum Gasteiger partial charge on any atom is -0.483 e. The molecule has 1 heterocycles. The summed E-state index contributed by atoms with van der Waals surface area (Å²) in [5.74, 6) is 1.33. The molecule has 0 saturated heterocycles. The third-order valence-corrected chi connectivity index (χ3v) is 4.34. The molecule has 0 aliphatic carbocycles. The maximum atomic E-state index is 12.6. The molecule has 25 heavy (non-hydrogen) atoms. The van der Waals surface area contributed by atoms with Crippen molar-refractivity contribution in [2.45, 2.75) is 39.7 Å². The fourth-order valence-electron chi connectivity index (χ4n) is 3.22. The lowest BCUT2D eigenvalue weighted by molar-refractivity contribution is -0.120. The molecule has 0 atom stereocenters. The van der Waals surface area contributed by atoms with Crippen LogP contribution in [0.15, 0.2) is 42.5 Å². The van der Waals surface area contributed by atoms with Gasteiger partial charge >= 0.3 is 0 Å². The van der Waals surface area contributed by atoms with Gasteiger partial charge in [-0.2, -0.15) is 0 Å². The molecule has 0 aromatic heterocycles. The number of ether oxygens (including phenoxy) is 2. The number of rotatable bonds is 5. The fraction of sp³-hybridized carbons (Fsp3) is 0.381. The number of fused-ring (bicyclic) bond motifs is 1. The Morgan fingerprint density at radius 3 is 2.72 bits per heavy atom. The Hall–Kier alpha value is -2.49. The number of anilines is 1. The molecule has 1 amide bonds. The Kier molecular flexibility index (Phi) is 4.71. The molecule has 0 N–H and O–H groups in total. The first-order chi connectivity index (χ1) is 11.9. The van der Waals surface area contributed by atoms with Crippen LogP contribution in [0.25, 0.3) is 0 Å². The van der Waals surface area contributed by atoms with Crippen LogP contribution in [-0.4, -0.2) is 24.7 Å². The number of hydrogen-bond acceptors (Lipinski definition) is 3. The van der Waals surface area contributed by atoms with Gasteiger partial charge in [-0.3, -0.25) is 4.79 Å². The first-order valence-corrected chi connectivity index (χ1v) is 8.70. The first kappa shape index (κ1) is 17.3. The van der Waals surface area contributed by atoms with E-state index >= 15 is 0 Å². The summed E-state index contributed by atoms with van der Waals surface area (Å²) in [5.41, 5.74) is 2.91. The highest BCUT2D eigenvalue weighted by molar-refractivity contribution is 5.94. The number of aryl methyl sites for hydroxylation is 1. The highest BCUT2D eigenvalue weighted by atomic mass is 16.5. The van der Waals surface area contributed by atoms with Crippen LogP contribution in [0.1, 0.15) is 31.9 Å². The van der Waals surface area contributed by atoms with Crippen LogP contribution in [0.3, 0.4) is 0 Å². The summed E-state index contributed by atoms with van der Waals surface area (Å²) in [5, 5.41) is 0. The minimum absolute atomic E-state index is 0.0119. The van der Waals surface area contributed by atoms with Gasteiger partial charge in [-0.1, -0.05) is 24.3 Å². The van der Waals surface area contributed by atoms with E-state index in [4.69, 9.17) is 9.47 Å². The minimum atomic E-state index is -0.233. The third kappa shape index (κ3) is 3.78. The van der Waals surface area contributed by atoms with E-state index in [9.17, 15) is 4.79 Å². The van der Waals surface area contributed by atoms with E-state index < -0.39 is 0 Å². The van der Waals surface area contributed by atoms with E-state index in [0.29, 0.717) is 12.3 Å². The van der Waals surface area contributed by atoms with Crippen LogP contribution in [0.4, 0.5) is 5.69 Å². The monoisotopic (exact) mass is 339 g/mol. The molecule has 0 fully saturated rings. The zero-order chi connectivity index (χ0) is 18.0. The number of para-hydroxylation sites is 1. The van der Waals surface area contributed by atoms with Crippen molar-refractivity contribution in [2.24, 2.45) is 0 Å². The van der Waals surface area contributed by atoms with Gasteiger partial charge < -0.3 is 14.4 Å². The van der Waals surface area contributed by atoms with Gasteiger partial charge in [0, 0.05) is 24.2 Å². The van der Waals surface area contributed by atoms with Gasteiger partial charge in [0.15, 0.2) is 18.1 Å². The van der Waals surface area contributed by atoms with Crippen molar-refractivity contribution < 1.29 is 14.3 Å². The van der Waals surface area contributed by atoms with E-state index in [2.05, 4.69) is 13.8 Å². The van der Waals surface area contributed by atoms with Crippen LogP contribution in [0.5, 0.6) is 11.5 Å². The lowest BCUT2D eigenvalue weighted by Crippen LogP contribution is -2.34. The Morgan fingerprint density at radius 2 is 2.00 bits per heavy atom. The second-order valence-electron chi connectivity index (χ2n) is 7.05. The molecule has 0 saturated carbocycles. The molecule has 1 aliphatic rings. The Labute approximate surface area is 149 Å². The zero-order valence-electron chi connectivity index (χ0n) is 15.3. The van der Waals surface area contributed by atoms with Crippen LogP contribution in [0.2, 0.25) is 0 Å². The van der Waals surface area contributed by atoms with E-state index in [-0.39, 0.29) is 18.1 Å². The largest absolute Gasteiger partial charge is 0.483 e. The number of benzene rings is 2. The number of amides is 1. The van der Waals surface area contributed by atoms with Crippen molar-refractivity contribution in [3.63, 3.8) is 0 Å². The smallest absolute Gasteiger partial charge is 0.264 e. The maximum absolute atomic E-state index is 12.6. The van der Waals surface area contributed by atoms with Crippen LogP contribution in [-0.2, 0) is 11.2 Å². The first-order valence-electron chi connectivity index (χ1n) is 8.70. The van der Waals surface area contributed by atoms with Gasteiger partial charge in [-0.25, -0.2) is 0 Å². The Balaban J connectivity index is 1.72. The van der Waals surface area contributed by atoms with Crippen LogP contribution in [0, 0.1) is 6.92 Å². The summed E-state index contributed by atoms with van der Waals surface area (Å²) in [4.78, 5) is 14.4. The lowest BCUT2D eigenvalue weighted by atomic mass is 10.0. The van der Waals surface area contributed by atoms with Gasteiger partial charge in [-0.15, -0.1) is 0 Å². The zero-order valence-corrected chi connectivity index (χ0v) is 15.3. The summed E-state index contributed by atoms with van der Waals surface area (Å²) >= 11 is 0. The average molecular weight is 339 g/mol. The van der Waals surface area contributed by atoms with Crippen molar-refractivity contribution >= 4 is 11.6 Å². The molecule has 2 aromatic rings. The molecular weight excluding hydrogens is 314 g/mol. The van der Waals surface area contributed by atoms with Crippen LogP contribution < -0.4 is 14.4 Å². The highest BCUT2D eigenvalue weighted by Crippen LogP contribution is 2.41. The third-order valence-electron chi connectivity index (χ3n) is 4.34. The molecule has 0 radical (unpaired) electrons. The standard InChI is InChI=1S/C21H25NO3/c1-5-22(17-10-6-8-15(2)12-17)19(23)14-24-18-11-7-9-16-13-21(3,4)25-20(16)18/h6-12H,5,13-14H2,1-4H3. The van der Waals surface area contributed by atoms with Gasteiger partial charge in [-0.05, 0) is 51.5 Å². The number of hydrogen-bond donors (Lipinski definition) is 0. The Bertz CT molecular complexity index is 782. The molecule has 4 heteroatoms. The normalized spacial score (nSPS) is 14.6. The predicted octanol–water partition coefficient (Wildman–Crippen LogP) is 4.14. The molecule has 3 rings (SSSR count). The summed E-state index contributed by atoms with van der Waals surface area (Å²) in [6, 6.07) is 13.8. The summed E-state index contributed by atoms with van der Waals surface area (Å²) in [6.45, 7) is 8.68. The maximum Gasteiger partial charge on any atom is 0.264 e. The second kappa shape index (κ2) is 6.79. The van der Waals surface area contributed by atoms with Crippen LogP contribution >= 0.6 is 0 Å².